The van der Waals surface area contributed by atoms with Gasteiger partial charge in [0.15, 0.2) is 11.5 Å². The van der Waals surface area contributed by atoms with Crippen LogP contribution in [0.15, 0.2) is 41.6 Å². The number of aromatic nitrogens is 1. The van der Waals surface area contributed by atoms with Crippen LogP contribution in [0.25, 0.3) is 0 Å². The lowest BCUT2D eigenvalue weighted by Crippen LogP contribution is -2.17. The number of hydrogen-bond acceptors (Lipinski definition) is 6. The maximum Gasteiger partial charge on any atom is 0.234 e. The average Bonchev–Trinajstić information content (AvgIpc) is 2.60. The Morgan fingerprint density at radius 1 is 1.30 bits per heavy atom. The van der Waals surface area contributed by atoms with Crippen molar-refractivity contribution >= 4 is 23.4 Å². The largest absolute Gasteiger partial charge is 0.486 e. The van der Waals surface area contributed by atoms with E-state index in [0.717, 1.165) is 0 Å². The number of rotatable bonds is 4. The fourth-order valence-corrected chi connectivity index (χ4v) is 2.79. The first-order chi connectivity index (χ1) is 11.3. The highest BCUT2D eigenvalue weighted by molar-refractivity contribution is 8.00. The van der Waals surface area contributed by atoms with Crippen LogP contribution in [0.2, 0.25) is 0 Å². The maximum atomic E-state index is 12.0. The Balaban J connectivity index is 1.60. The summed E-state index contributed by atoms with van der Waals surface area (Å²) < 4.78 is 10.9. The van der Waals surface area contributed by atoms with Gasteiger partial charge >= 0.3 is 0 Å². The lowest BCUT2D eigenvalue weighted by Gasteiger charge is -2.19. The van der Waals surface area contributed by atoms with Gasteiger partial charge in [0.1, 0.15) is 24.3 Å². The molecular formula is C16H13N3O3S. The Labute approximate surface area is 137 Å². The molecule has 0 fully saturated rings. The quantitative estimate of drug-likeness (QED) is 0.868. The molecule has 0 aliphatic carbocycles. The predicted octanol–water partition coefficient (Wildman–Crippen LogP) is 2.46. The molecule has 1 amide bonds. The lowest BCUT2D eigenvalue weighted by molar-refractivity contribution is -0.113. The number of pyridine rings is 1. The first kappa shape index (κ1) is 15.2. The molecule has 1 aliphatic rings. The van der Waals surface area contributed by atoms with Crippen LogP contribution in [0.4, 0.5) is 5.69 Å². The summed E-state index contributed by atoms with van der Waals surface area (Å²) in [6.45, 7) is 1.03. The summed E-state index contributed by atoms with van der Waals surface area (Å²) >= 11 is 1.23. The minimum absolute atomic E-state index is 0.167. The Bertz CT molecular complexity index is 773. The van der Waals surface area contributed by atoms with E-state index in [4.69, 9.17) is 14.7 Å². The number of hydrogen-bond donors (Lipinski definition) is 1. The topological polar surface area (TPSA) is 84.2 Å². The number of anilines is 1. The molecular weight excluding hydrogens is 314 g/mol. The van der Waals surface area contributed by atoms with Crippen molar-refractivity contribution in [3.05, 3.63) is 42.1 Å². The predicted molar refractivity (Wildman–Crippen MR) is 85.7 cm³/mol. The smallest absolute Gasteiger partial charge is 0.234 e. The van der Waals surface area contributed by atoms with Crippen LogP contribution in [0, 0.1) is 11.3 Å². The van der Waals surface area contributed by atoms with Crippen LogP contribution in [0.3, 0.4) is 0 Å². The van der Waals surface area contributed by atoms with Crippen molar-refractivity contribution in [2.75, 3.05) is 24.3 Å². The third-order valence-electron chi connectivity index (χ3n) is 3.06. The Kier molecular flexibility index (Phi) is 4.64. The normalized spacial score (nSPS) is 12.3. The van der Waals surface area contributed by atoms with E-state index in [1.165, 1.54) is 11.8 Å². The molecule has 1 aromatic carbocycles. The van der Waals surface area contributed by atoms with Gasteiger partial charge in [0, 0.05) is 18.0 Å². The van der Waals surface area contributed by atoms with Gasteiger partial charge in [-0.25, -0.2) is 4.98 Å². The van der Waals surface area contributed by atoms with E-state index < -0.39 is 0 Å². The molecule has 2 aromatic rings. The molecule has 6 nitrogen and oxygen atoms in total. The molecule has 1 aliphatic heterocycles. The van der Waals surface area contributed by atoms with Gasteiger partial charge in [0.2, 0.25) is 5.91 Å². The third-order valence-corrected chi connectivity index (χ3v) is 4.06. The van der Waals surface area contributed by atoms with Crippen LogP contribution in [-0.4, -0.2) is 29.9 Å². The molecule has 0 saturated carbocycles. The van der Waals surface area contributed by atoms with Crippen LogP contribution in [0.1, 0.15) is 5.56 Å². The number of amides is 1. The number of carbonyl (C=O) groups is 1. The molecule has 2 heterocycles. The Morgan fingerprint density at radius 3 is 2.96 bits per heavy atom. The Hall–Kier alpha value is -2.72. The van der Waals surface area contributed by atoms with E-state index in [0.29, 0.717) is 41.0 Å². The van der Waals surface area contributed by atoms with Gasteiger partial charge < -0.3 is 14.8 Å². The summed E-state index contributed by atoms with van der Waals surface area (Å²) in [7, 11) is 0. The number of nitriles is 1. The molecule has 1 N–H and O–H groups in total. The van der Waals surface area contributed by atoms with E-state index in [9.17, 15) is 4.79 Å². The molecule has 0 saturated heterocycles. The van der Waals surface area contributed by atoms with Crippen LogP contribution in [-0.2, 0) is 4.79 Å². The fraction of sp³-hybridized carbons (Fsp3) is 0.188. The van der Waals surface area contributed by atoms with Gasteiger partial charge in [-0.05, 0) is 24.3 Å². The molecule has 7 heteroatoms. The van der Waals surface area contributed by atoms with Crippen molar-refractivity contribution in [3.8, 4) is 17.6 Å². The molecule has 3 rings (SSSR count). The van der Waals surface area contributed by atoms with Crippen LogP contribution in [0.5, 0.6) is 11.5 Å². The molecule has 0 bridgehead atoms. The summed E-state index contributed by atoms with van der Waals surface area (Å²) in [6, 6.07) is 10.7. The van der Waals surface area contributed by atoms with Crippen molar-refractivity contribution in [3.63, 3.8) is 0 Å². The second-order valence-electron chi connectivity index (χ2n) is 4.66. The number of fused-ring (bicyclic) bond motifs is 1. The fourth-order valence-electron chi connectivity index (χ4n) is 2.04. The molecule has 116 valence electrons. The number of benzene rings is 1. The van der Waals surface area contributed by atoms with Crippen molar-refractivity contribution < 1.29 is 14.3 Å². The average molecular weight is 327 g/mol. The second-order valence-corrected chi connectivity index (χ2v) is 5.63. The summed E-state index contributed by atoms with van der Waals surface area (Å²) in [4.78, 5) is 16.1. The van der Waals surface area contributed by atoms with Crippen molar-refractivity contribution in [1.82, 2.24) is 4.98 Å². The number of carbonyl (C=O) groups excluding carboxylic acids is 1. The first-order valence-electron chi connectivity index (χ1n) is 6.93. The molecule has 0 spiro atoms. The summed E-state index contributed by atoms with van der Waals surface area (Å²) in [5.41, 5.74) is 1.10. The highest BCUT2D eigenvalue weighted by atomic mass is 32.2. The van der Waals surface area contributed by atoms with E-state index in [-0.39, 0.29) is 11.7 Å². The van der Waals surface area contributed by atoms with Gasteiger partial charge in [0.05, 0.1) is 11.3 Å². The van der Waals surface area contributed by atoms with Crippen LogP contribution < -0.4 is 14.8 Å². The number of nitrogens with one attached hydrogen (secondary N) is 1. The van der Waals surface area contributed by atoms with Gasteiger partial charge in [0.25, 0.3) is 0 Å². The zero-order valence-corrected chi connectivity index (χ0v) is 12.9. The summed E-state index contributed by atoms with van der Waals surface area (Å²) in [5.74, 6) is 1.29. The minimum Gasteiger partial charge on any atom is -0.486 e. The SMILES string of the molecule is N#Cc1cccnc1SCC(=O)Nc1ccc2c(c1)OCCO2. The van der Waals surface area contributed by atoms with E-state index in [1.807, 2.05) is 0 Å². The minimum atomic E-state index is -0.179. The van der Waals surface area contributed by atoms with Gasteiger partial charge in [-0.15, -0.1) is 0 Å². The summed E-state index contributed by atoms with van der Waals surface area (Å²) in [5, 5.41) is 12.3. The van der Waals surface area contributed by atoms with E-state index >= 15 is 0 Å². The lowest BCUT2D eigenvalue weighted by atomic mass is 10.2. The molecule has 0 atom stereocenters. The molecule has 0 unspecified atom stereocenters. The van der Waals surface area contributed by atoms with Crippen molar-refractivity contribution in [2.24, 2.45) is 0 Å². The van der Waals surface area contributed by atoms with Crippen LogP contribution >= 0.6 is 11.8 Å². The zero-order chi connectivity index (χ0) is 16.1. The summed E-state index contributed by atoms with van der Waals surface area (Å²) in [6.07, 6.45) is 1.60. The molecule has 1 aromatic heterocycles. The monoisotopic (exact) mass is 327 g/mol. The zero-order valence-electron chi connectivity index (χ0n) is 12.1. The van der Waals surface area contributed by atoms with Gasteiger partial charge in [-0.3, -0.25) is 4.79 Å². The standard InChI is InChI=1S/C16H13N3O3S/c17-9-11-2-1-5-18-16(11)23-10-15(20)19-12-3-4-13-14(8-12)22-7-6-21-13/h1-5,8H,6-7,10H2,(H,19,20). The van der Waals surface area contributed by atoms with Crippen molar-refractivity contribution in [2.45, 2.75) is 5.03 Å². The highest BCUT2D eigenvalue weighted by Crippen LogP contribution is 2.32. The highest BCUT2D eigenvalue weighted by Gasteiger charge is 2.13. The van der Waals surface area contributed by atoms with E-state index in [2.05, 4.69) is 16.4 Å². The van der Waals surface area contributed by atoms with Gasteiger partial charge in [-0.1, -0.05) is 11.8 Å². The Morgan fingerprint density at radius 2 is 2.13 bits per heavy atom. The number of nitrogens with zero attached hydrogens (tertiary/aromatic N) is 2. The third kappa shape index (κ3) is 3.73. The van der Waals surface area contributed by atoms with E-state index in [1.54, 1.807) is 36.5 Å². The molecule has 23 heavy (non-hydrogen) atoms. The van der Waals surface area contributed by atoms with Crippen molar-refractivity contribution in [1.29, 1.82) is 5.26 Å². The second kappa shape index (κ2) is 7.03. The number of thioether (sulfide) groups is 1. The molecule has 0 radical (unpaired) electrons. The first-order valence-corrected chi connectivity index (χ1v) is 7.92. The number of ether oxygens (including phenoxy) is 2. The van der Waals surface area contributed by atoms with Gasteiger partial charge in [-0.2, -0.15) is 5.26 Å². The maximum absolute atomic E-state index is 12.0.